The fraction of sp³-hybridized carbons (Fsp3) is 0.158. The topological polar surface area (TPSA) is 51.2 Å². The molecule has 0 aliphatic carbocycles. The van der Waals surface area contributed by atoms with Crippen LogP contribution in [0.5, 0.6) is 5.75 Å². The average Bonchev–Trinajstić information content (AvgIpc) is 3.09. The van der Waals surface area contributed by atoms with E-state index in [2.05, 4.69) is 16.9 Å². The molecule has 0 bridgehead atoms. The van der Waals surface area contributed by atoms with E-state index in [-0.39, 0.29) is 18.2 Å². The van der Waals surface area contributed by atoms with E-state index in [0.29, 0.717) is 24.2 Å². The van der Waals surface area contributed by atoms with Crippen molar-refractivity contribution in [1.29, 1.82) is 0 Å². The van der Waals surface area contributed by atoms with E-state index in [0.717, 1.165) is 10.2 Å². The van der Waals surface area contributed by atoms with Crippen LogP contribution in [0.4, 0.5) is 4.39 Å². The average molecular weight is 356 g/mol. The molecule has 128 valence electrons. The lowest BCUT2D eigenvalue weighted by Gasteiger charge is -2.10. The lowest BCUT2D eigenvalue weighted by Crippen LogP contribution is -2.23. The van der Waals surface area contributed by atoms with E-state index in [4.69, 9.17) is 4.74 Å². The van der Waals surface area contributed by atoms with E-state index < -0.39 is 5.82 Å². The molecule has 3 rings (SSSR count). The molecule has 0 atom stereocenters. The number of fused-ring (bicyclic) bond motifs is 1. The summed E-state index contributed by atoms with van der Waals surface area (Å²) in [5.41, 5.74) is 3.50. The summed E-state index contributed by atoms with van der Waals surface area (Å²) in [7, 11) is 0. The van der Waals surface area contributed by atoms with Gasteiger partial charge in [-0.3, -0.25) is 4.79 Å². The molecule has 6 heteroatoms. The zero-order valence-electron chi connectivity index (χ0n) is 13.5. The van der Waals surface area contributed by atoms with Gasteiger partial charge in [-0.15, -0.1) is 17.9 Å². The highest BCUT2D eigenvalue weighted by atomic mass is 32.1. The van der Waals surface area contributed by atoms with Gasteiger partial charge in [0.1, 0.15) is 0 Å². The van der Waals surface area contributed by atoms with E-state index in [1.165, 1.54) is 11.3 Å². The molecule has 0 aliphatic rings. The van der Waals surface area contributed by atoms with E-state index in [1.807, 2.05) is 0 Å². The summed E-state index contributed by atoms with van der Waals surface area (Å²) in [4.78, 5) is 16.5. The highest BCUT2D eigenvalue weighted by Gasteiger charge is 2.12. The van der Waals surface area contributed by atoms with Crippen molar-refractivity contribution in [2.45, 2.75) is 13.0 Å². The molecule has 3 aromatic rings. The van der Waals surface area contributed by atoms with Crippen LogP contribution < -0.4 is 10.1 Å². The fourth-order valence-electron chi connectivity index (χ4n) is 2.33. The maximum absolute atomic E-state index is 14.4. The fourth-order valence-corrected chi connectivity index (χ4v) is 3.05. The number of hydrogen-bond donors (Lipinski definition) is 1. The Labute approximate surface area is 149 Å². The predicted molar refractivity (Wildman–Crippen MR) is 97.5 cm³/mol. The van der Waals surface area contributed by atoms with Gasteiger partial charge >= 0.3 is 0 Å². The van der Waals surface area contributed by atoms with Crippen LogP contribution in [0.25, 0.3) is 10.2 Å². The lowest BCUT2D eigenvalue weighted by molar-refractivity contribution is 0.0950. The number of rotatable bonds is 7. The van der Waals surface area contributed by atoms with Crippen molar-refractivity contribution in [3.05, 3.63) is 71.5 Å². The number of hydrogen-bond acceptors (Lipinski definition) is 4. The first-order chi connectivity index (χ1) is 12.2. The van der Waals surface area contributed by atoms with Crippen LogP contribution in [-0.4, -0.2) is 17.5 Å². The molecule has 4 nitrogen and oxygen atoms in total. The quantitative estimate of drug-likeness (QED) is 0.507. The summed E-state index contributed by atoms with van der Waals surface area (Å²) in [6.07, 6.45) is 2.35. The van der Waals surface area contributed by atoms with E-state index >= 15 is 0 Å². The highest BCUT2D eigenvalue weighted by molar-refractivity contribution is 7.16. The Hall–Kier alpha value is -2.73. The molecule has 1 heterocycles. The molecule has 0 spiro atoms. The Bertz CT molecular complexity index is 907. The minimum Gasteiger partial charge on any atom is -0.490 e. The van der Waals surface area contributed by atoms with Gasteiger partial charge in [-0.05, 0) is 30.7 Å². The molecule has 1 amide bonds. The van der Waals surface area contributed by atoms with Gasteiger partial charge in [-0.1, -0.05) is 18.2 Å². The minimum atomic E-state index is -0.454. The second kappa shape index (κ2) is 7.90. The normalized spacial score (nSPS) is 10.6. The lowest BCUT2D eigenvalue weighted by atomic mass is 10.1. The van der Waals surface area contributed by atoms with Crippen molar-refractivity contribution in [3.63, 3.8) is 0 Å². The van der Waals surface area contributed by atoms with E-state index in [1.54, 1.807) is 48.0 Å². The molecule has 0 fully saturated rings. The second-order valence-corrected chi connectivity index (χ2v) is 6.26. The maximum atomic E-state index is 14.4. The first kappa shape index (κ1) is 17.1. The van der Waals surface area contributed by atoms with Gasteiger partial charge in [-0.2, -0.15) is 0 Å². The smallest absolute Gasteiger partial charge is 0.251 e. The number of ether oxygens (including phenoxy) is 1. The van der Waals surface area contributed by atoms with Gasteiger partial charge in [0.05, 0.1) is 22.3 Å². The summed E-state index contributed by atoms with van der Waals surface area (Å²) in [6.45, 7) is 4.05. The first-order valence-electron chi connectivity index (χ1n) is 7.81. The van der Waals surface area contributed by atoms with Gasteiger partial charge in [0.2, 0.25) is 0 Å². The Morgan fingerprint density at radius 3 is 3.08 bits per heavy atom. The third kappa shape index (κ3) is 4.03. The SMILES string of the molecule is C=CCCOc1cccc(CNC(=O)c2ccc3ncsc3c2)c1F. The van der Waals surface area contributed by atoms with Crippen molar-refractivity contribution in [2.75, 3.05) is 6.61 Å². The number of carbonyl (C=O) groups is 1. The number of nitrogens with zero attached hydrogens (tertiary/aromatic N) is 1. The van der Waals surface area contributed by atoms with Crippen LogP contribution in [0.2, 0.25) is 0 Å². The number of aromatic nitrogens is 1. The summed E-state index contributed by atoms with van der Waals surface area (Å²) >= 11 is 1.47. The summed E-state index contributed by atoms with van der Waals surface area (Å²) in [6, 6.07) is 10.2. The summed E-state index contributed by atoms with van der Waals surface area (Å²) in [5.74, 6) is -0.530. The molecule has 0 radical (unpaired) electrons. The van der Waals surface area contributed by atoms with Gasteiger partial charge in [0, 0.05) is 17.7 Å². The van der Waals surface area contributed by atoms with Crippen LogP contribution >= 0.6 is 11.3 Å². The third-order valence-corrected chi connectivity index (χ3v) is 4.45. The van der Waals surface area contributed by atoms with Gasteiger partial charge in [0.15, 0.2) is 11.6 Å². The maximum Gasteiger partial charge on any atom is 0.251 e. The molecular formula is C19H17FN2O2S. The third-order valence-electron chi connectivity index (χ3n) is 3.66. The predicted octanol–water partition coefficient (Wildman–Crippen LogP) is 4.32. The van der Waals surface area contributed by atoms with Crippen LogP contribution in [0.15, 0.2) is 54.6 Å². The molecule has 25 heavy (non-hydrogen) atoms. The van der Waals surface area contributed by atoms with Gasteiger partial charge in [-0.25, -0.2) is 9.37 Å². The Morgan fingerprint density at radius 2 is 2.24 bits per heavy atom. The first-order valence-corrected chi connectivity index (χ1v) is 8.69. The van der Waals surface area contributed by atoms with Crippen molar-refractivity contribution < 1.29 is 13.9 Å². The minimum absolute atomic E-state index is 0.0874. The molecule has 0 saturated carbocycles. The molecule has 0 saturated heterocycles. The number of nitrogens with one attached hydrogen (secondary N) is 1. The van der Waals surface area contributed by atoms with E-state index in [9.17, 15) is 9.18 Å². The molecule has 0 unspecified atom stereocenters. The van der Waals surface area contributed by atoms with Crippen molar-refractivity contribution >= 4 is 27.5 Å². The van der Waals surface area contributed by atoms with Crippen molar-refractivity contribution in [2.24, 2.45) is 0 Å². The number of benzene rings is 2. The van der Waals surface area contributed by atoms with Crippen molar-refractivity contribution in [3.8, 4) is 5.75 Å². The standard InChI is InChI=1S/C19H17FN2O2S/c1-2-3-9-24-16-6-4-5-14(18(16)20)11-21-19(23)13-7-8-15-17(10-13)25-12-22-15/h2,4-8,10,12H,1,3,9,11H2,(H,21,23). The van der Waals surface area contributed by atoms with Crippen LogP contribution in [0.1, 0.15) is 22.3 Å². The molecule has 0 aliphatic heterocycles. The van der Waals surface area contributed by atoms with Crippen LogP contribution in [-0.2, 0) is 6.54 Å². The monoisotopic (exact) mass is 356 g/mol. The van der Waals surface area contributed by atoms with Crippen LogP contribution in [0.3, 0.4) is 0 Å². The Morgan fingerprint density at radius 1 is 1.36 bits per heavy atom. The number of thiazole rings is 1. The summed E-state index contributed by atoms with van der Waals surface area (Å²) < 4.78 is 20.7. The zero-order chi connectivity index (χ0) is 17.6. The molecule has 1 N–H and O–H groups in total. The Balaban J connectivity index is 1.67. The second-order valence-electron chi connectivity index (χ2n) is 5.37. The molecule has 2 aromatic carbocycles. The molecular weight excluding hydrogens is 339 g/mol. The zero-order valence-corrected chi connectivity index (χ0v) is 14.3. The highest BCUT2D eigenvalue weighted by Crippen LogP contribution is 2.21. The van der Waals surface area contributed by atoms with Gasteiger partial charge in [0.25, 0.3) is 5.91 Å². The number of halogens is 1. The Kier molecular flexibility index (Phi) is 5.40. The van der Waals surface area contributed by atoms with Crippen molar-refractivity contribution in [1.82, 2.24) is 10.3 Å². The van der Waals surface area contributed by atoms with Gasteiger partial charge < -0.3 is 10.1 Å². The largest absolute Gasteiger partial charge is 0.490 e. The number of amides is 1. The number of carbonyl (C=O) groups excluding carboxylic acids is 1. The molecule has 1 aromatic heterocycles. The van der Waals surface area contributed by atoms with Crippen LogP contribution in [0, 0.1) is 5.82 Å². The summed E-state index contributed by atoms with van der Waals surface area (Å²) in [5, 5.41) is 2.74.